The van der Waals surface area contributed by atoms with Crippen molar-refractivity contribution in [3.8, 4) is 0 Å². The molecule has 2 atom stereocenters. The van der Waals surface area contributed by atoms with Crippen molar-refractivity contribution in [1.29, 1.82) is 0 Å². The van der Waals surface area contributed by atoms with Crippen LogP contribution in [0.3, 0.4) is 0 Å². The summed E-state index contributed by atoms with van der Waals surface area (Å²) in [7, 11) is 0. The van der Waals surface area contributed by atoms with Crippen molar-refractivity contribution in [2.45, 2.75) is 58.3 Å². The highest BCUT2D eigenvalue weighted by molar-refractivity contribution is 5.73. The number of amides is 2. The summed E-state index contributed by atoms with van der Waals surface area (Å²) in [5.41, 5.74) is -1.65. The van der Waals surface area contributed by atoms with Crippen LogP contribution in [-0.2, 0) is 9.53 Å². The molecule has 1 rings (SSSR count). The second-order valence-corrected chi connectivity index (χ2v) is 6.18. The predicted octanol–water partition coefficient (Wildman–Crippen LogP) is 0.883. The number of β-amino-alcohol motifs (C(OH)–C–C–N with tert-alkyl or cyclic N) is 1. The van der Waals surface area contributed by atoms with Gasteiger partial charge in [0.05, 0.1) is 12.6 Å². The fraction of sp³-hybridized carbons (Fsp3) is 0.846. The van der Waals surface area contributed by atoms with Crippen LogP contribution >= 0.6 is 0 Å². The van der Waals surface area contributed by atoms with Crippen LogP contribution in [0.15, 0.2) is 0 Å². The monoisotopic (exact) mass is 272 g/mol. The normalized spacial score (nSPS) is 25.1. The number of hydrogen-bond acceptors (Lipinski definition) is 4. The molecule has 0 aromatic heterocycles. The summed E-state index contributed by atoms with van der Waals surface area (Å²) in [5.74, 6) is -0.198. The smallest absolute Gasteiger partial charge is 0.410 e. The van der Waals surface area contributed by atoms with Gasteiger partial charge in [0.25, 0.3) is 0 Å². The lowest BCUT2D eigenvalue weighted by molar-refractivity contribution is -0.121. The lowest BCUT2D eigenvalue weighted by Gasteiger charge is -2.31. The molecule has 2 amide bonds. The van der Waals surface area contributed by atoms with E-state index in [1.807, 2.05) is 0 Å². The number of ether oxygens (including phenoxy) is 1. The zero-order chi connectivity index (χ0) is 14.8. The second kappa shape index (κ2) is 5.36. The van der Waals surface area contributed by atoms with Gasteiger partial charge in [-0.1, -0.05) is 0 Å². The molecule has 0 radical (unpaired) electrons. The molecule has 6 heteroatoms. The van der Waals surface area contributed by atoms with Gasteiger partial charge in [-0.15, -0.1) is 0 Å². The van der Waals surface area contributed by atoms with E-state index < -0.39 is 23.3 Å². The first kappa shape index (κ1) is 15.8. The molecule has 1 aliphatic heterocycles. The van der Waals surface area contributed by atoms with E-state index >= 15 is 0 Å². The van der Waals surface area contributed by atoms with Crippen LogP contribution in [0.5, 0.6) is 0 Å². The Morgan fingerprint density at radius 2 is 2.00 bits per heavy atom. The van der Waals surface area contributed by atoms with Crippen molar-refractivity contribution in [2.75, 3.05) is 13.1 Å². The minimum Gasteiger partial charge on any atom is -0.444 e. The van der Waals surface area contributed by atoms with Gasteiger partial charge in [-0.3, -0.25) is 4.79 Å². The molecular weight excluding hydrogens is 248 g/mol. The lowest BCUT2D eigenvalue weighted by atomic mass is 9.94. The van der Waals surface area contributed by atoms with E-state index in [4.69, 9.17) is 4.74 Å². The fourth-order valence-electron chi connectivity index (χ4n) is 2.09. The van der Waals surface area contributed by atoms with Gasteiger partial charge in [0, 0.05) is 13.5 Å². The molecule has 0 spiro atoms. The quantitative estimate of drug-likeness (QED) is 0.782. The molecule has 110 valence electrons. The van der Waals surface area contributed by atoms with Gasteiger partial charge < -0.3 is 20.1 Å². The summed E-state index contributed by atoms with van der Waals surface area (Å²) < 4.78 is 5.26. The Kier molecular flexibility index (Phi) is 4.45. The third-order valence-corrected chi connectivity index (χ3v) is 3.16. The van der Waals surface area contributed by atoms with Crippen LogP contribution in [0.25, 0.3) is 0 Å². The van der Waals surface area contributed by atoms with E-state index in [1.54, 1.807) is 27.7 Å². The molecule has 1 aliphatic rings. The van der Waals surface area contributed by atoms with Crippen molar-refractivity contribution in [1.82, 2.24) is 10.2 Å². The molecule has 0 saturated carbocycles. The van der Waals surface area contributed by atoms with E-state index in [9.17, 15) is 14.7 Å². The number of carbonyl (C=O) groups is 2. The Hall–Kier alpha value is -1.30. The molecule has 0 bridgehead atoms. The van der Waals surface area contributed by atoms with Crippen molar-refractivity contribution in [3.63, 3.8) is 0 Å². The minimum atomic E-state index is -1.09. The van der Waals surface area contributed by atoms with Crippen LogP contribution in [0.4, 0.5) is 4.79 Å². The number of carbonyl (C=O) groups excluding carboxylic acids is 2. The molecule has 2 N–H and O–H groups in total. The number of nitrogens with zero attached hydrogens (tertiary/aromatic N) is 1. The average Bonchev–Trinajstić information content (AvgIpc) is 2.59. The zero-order valence-corrected chi connectivity index (χ0v) is 12.3. The van der Waals surface area contributed by atoms with E-state index in [2.05, 4.69) is 5.32 Å². The van der Waals surface area contributed by atoms with Crippen LogP contribution in [0.2, 0.25) is 0 Å². The number of nitrogens with one attached hydrogen (secondary N) is 1. The number of likely N-dealkylation sites (tertiary alicyclic amines) is 1. The zero-order valence-electron chi connectivity index (χ0n) is 12.3. The molecular formula is C13H24N2O4. The fourth-order valence-corrected chi connectivity index (χ4v) is 2.09. The Morgan fingerprint density at radius 3 is 2.47 bits per heavy atom. The third-order valence-electron chi connectivity index (χ3n) is 3.16. The van der Waals surface area contributed by atoms with Crippen molar-refractivity contribution >= 4 is 12.0 Å². The summed E-state index contributed by atoms with van der Waals surface area (Å²) in [4.78, 5) is 24.4. The van der Waals surface area contributed by atoms with E-state index in [-0.39, 0.29) is 12.5 Å². The molecule has 0 aromatic carbocycles. The first-order chi connectivity index (χ1) is 8.53. The summed E-state index contributed by atoms with van der Waals surface area (Å²) >= 11 is 0. The highest BCUT2D eigenvalue weighted by atomic mass is 16.6. The van der Waals surface area contributed by atoms with Gasteiger partial charge in [0.2, 0.25) is 5.91 Å². The molecule has 1 heterocycles. The molecule has 0 aliphatic carbocycles. The van der Waals surface area contributed by atoms with Crippen molar-refractivity contribution in [2.24, 2.45) is 0 Å². The molecule has 19 heavy (non-hydrogen) atoms. The van der Waals surface area contributed by atoms with Gasteiger partial charge in [-0.2, -0.15) is 0 Å². The van der Waals surface area contributed by atoms with Crippen LogP contribution in [0.1, 0.15) is 41.0 Å². The number of rotatable bonds is 2. The van der Waals surface area contributed by atoms with E-state index in [0.29, 0.717) is 13.0 Å². The predicted molar refractivity (Wildman–Crippen MR) is 70.7 cm³/mol. The molecule has 1 saturated heterocycles. The maximum atomic E-state index is 11.9. The first-order valence-electron chi connectivity index (χ1n) is 6.51. The van der Waals surface area contributed by atoms with Crippen LogP contribution in [-0.4, -0.2) is 52.3 Å². The minimum absolute atomic E-state index is 0.170. The average molecular weight is 272 g/mol. The summed E-state index contributed by atoms with van der Waals surface area (Å²) in [6.45, 7) is 9.13. The lowest BCUT2D eigenvalue weighted by Crippen LogP contribution is -2.52. The third kappa shape index (κ3) is 4.38. The van der Waals surface area contributed by atoms with Gasteiger partial charge in [0.1, 0.15) is 11.2 Å². The largest absolute Gasteiger partial charge is 0.444 e. The van der Waals surface area contributed by atoms with Crippen LogP contribution < -0.4 is 5.32 Å². The molecule has 1 fully saturated rings. The number of hydrogen-bond donors (Lipinski definition) is 2. The molecule has 0 aromatic rings. The topological polar surface area (TPSA) is 78.9 Å². The highest BCUT2D eigenvalue weighted by Gasteiger charge is 2.43. The van der Waals surface area contributed by atoms with Crippen molar-refractivity contribution in [3.05, 3.63) is 0 Å². The SMILES string of the molecule is CC(=O)NC(C)C1(O)CCN(C(=O)OC(C)(C)C)C1. The van der Waals surface area contributed by atoms with Crippen molar-refractivity contribution < 1.29 is 19.4 Å². The van der Waals surface area contributed by atoms with E-state index in [0.717, 1.165) is 0 Å². The standard InChI is InChI=1S/C13H24N2O4/c1-9(14-10(2)16)13(18)6-7-15(8-13)11(17)19-12(3,4)5/h9,18H,6-8H2,1-5H3,(H,14,16). The van der Waals surface area contributed by atoms with Gasteiger partial charge in [-0.05, 0) is 34.1 Å². The number of aliphatic hydroxyl groups is 1. The Bertz CT molecular complexity index is 364. The van der Waals surface area contributed by atoms with Gasteiger partial charge >= 0.3 is 6.09 Å². The Morgan fingerprint density at radius 1 is 1.42 bits per heavy atom. The maximum absolute atomic E-state index is 11.9. The van der Waals surface area contributed by atoms with E-state index in [1.165, 1.54) is 11.8 Å². The van der Waals surface area contributed by atoms with Gasteiger partial charge in [-0.25, -0.2) is 4.79 Å². The van der Waals surface area contributed by atoms with Crippen LogP contribution in [0, 0.1) is 0 Å². The molecule has 2 unspecified atom stereocenters. The Labute approximate surface area is 114 Å². The maximum Gasteiger partial charge on any atom is 0.410 e. The summed E-state index contributed by atoms with van der Waals surface area (Å²) in [5, 5.41) is 13.1. The second-order valence-electron chi connectivity index (χ2n) is 6.18. The first-order valence-corrected chi connectivity index (χ1v) is 6.51. The molecule has 6 nitrogen and oxygen atoms in total. The highest BCUT2D eigenvalue weighted by Crippen LogP contribution is 2.26. The van der Waals surface area contributed by atoms with Gasteiger partial charge in [0.15, 0.2) is 0 Å². The summed E-state index contributed by atoms with van der Waals surface area (Å²) in [6, 6.07) is -0.405. The summed E-state index contributed by atoms with van der Waals surface area (Å²) in [6.07, 6.45) is -0.00770. The Balaban J connectivity index is 2.61.